The van der Waals surface area contributed by atoms with Crippen LogP contribution in [0.2, 0.25) is 0 Å². The molecule has 2 aromatic rings. The number of hydrogen-bond acceptors (Lipinski definition) is 6. The van der Waals surface area contributed by atoms with Gasteiger partial charge in [-0.15, -0.1) is 0 Å². The fourth-order valence-corrected chi connectivity index (χ4v) is 3.80. The third-order valence-electron chi connectivity index (χ3n) is 5.70. The molecule has 37 heavy (non-hydrogen) atoms. The molecule has 2 aromatic heterocycles. The molecule has 0 aromatic carbocycles. The highest BCUT2D eigenvalue weighted by Gasteiger charge is 2.39. The first-order valence-corrected chi connectivity index (χ1v) is 11.1. The van der Waals surface area contributed by atoms with Crippen molar-refractivity contribution in [2.45, 2.75) is 51.2 Å². The summed E-state index contributed by atoms with van der Waals surface area (Å²) in [7, 11) is 0. The van der Waals surface area contributed by atoms with Gasteiger partial charge in [0.25, 0.3) is 0 Å². The van der Waals surface area contributed by atoms with Gasteiger partial charge in [-0.05, 0) is 31.7 Å². The molecule has 0 aliphatic carbocycles. The Balaban J connectivity index is 0.000000286. The zero-order chi connectivity index (χ0) is 27.8. The number of ether oxygens (including phenoxy) is 1. The molecular weight excluding hydrogens is 516 g/mol. The maximum Gasteiger partial charge on any atom is 0.490 e. The quantitative estimate of drug-likeness (QED) is 0.564. The fourth-order valence-electron chi connectivity index (χ4n) is 3.80. The van der Waals surface area contributed by atoms with Gasteiger partial charge in [0.2, 0.25) is 0 Å². The third-order valence-corrected chi connectivity index (χ3v) is 5.70. The molecule has 0 radical (unpaired) electrons. The summed E-state index contributed by atoms with van der Waals surface area (Å²) in [4.78, 5) is 25.1. The van der Waals surface area contributed by atoms with Crippen LogP contribution in [0.25, 0.3) is 0 Å². The highest BCUT2D eigenvalue weighted by molar-refractivity contribution is 5.73. The molecule has 2 aliphatic heterocycles. The van der Waals surface area contributed by atoms with Crippen LogP contribution in [-0.4, -0.2) is 85.0 Å². The molecule has 1 fully saturated rings. The van der Waals surface area contributed by atoms with E-state index in [4.69, 9.17) is 29.5 Å². The summed E-state index contributed by atoms with van der Waals surface area (Å²) < 4.78 is 73.3. The number of aliphatic carboxylic acids is 2. The minimum absolute atomic E-state index is 0.387. The van der Waals surface area contributed by atoms with Gasteiger partial charge in [0, 0.05) is 45.2 Å². The van der Waals surface area contributed by atoms with Crippen molar-refractivity contribution >= 4 is 11.9 Å². The van der Waals surface area contributed by atoms with Crippen molar-refractivity contribution < 1.29 is 50.9 Å². The molecule has 16 heteroatoms. The molecule has 10 nitrogen and oxygen atoms in total. The van der Waals surface area contributed by atoms with Gasteiger partial charge in [0.1, 0.15) is 5.82 Å². The second-order valence-electron chi connectivity index (χ2n) is 8.30. The predicted molar refractivity (Wildman–Crippen MR) is 114 cm³/mol. The minimum atomic E-state index is -5.08. The van der Waals surface area contributed by atoms with Crippen LogP contribution in [0.5, 0.6) is 0 Å². The van der Waals surface area contributed by atoms with Gasteiger partial charge in [-0.25, -0.2) is 14.6 Å². The third kappa shape index (κ3) is 9.35. The van der Waals surface area contributed by atoms with Gasteiger partial charge >= 0.3 is 24.3 Å². The Hall–Kier alpha value is -3.14. The number of hydrogen-bond donors (Lipinski definition) is 2. The lowest BCUT2D eigenvalue weighted by molar-refractivity contribution is -0.193. The monoisotopic (exact) mass is 543 g/mol. The topological polar surface area (TPSA) is 123 Å². The summed E-state index contributed by atoms with van der Waals surface area (Å²) in [6.45, 7) is 8.24. The number of alkyl halides is 6. The molecule has 0 saturated carbocycles. The molecule has 1 saturated heterocycles. The van der Waals surface area contributed by atoms with E-state index in [0.717, 1.165) is 38.8 Å². The van der Waals surface area contributed by atoms with Crippen molar-refractivity contribution in [3.05, 3.63) is 36.2 Å². The zero-order valence-corrected chi connectivity index (χ0v) is 19.7. The maximum absolute atomic E-state index is 10.6. The lowest BCUT2D eigenvalue weighted by Crippen LogP contribution is -2.41. The summed E-state index contributed by atoms with van der Waals surface area (Å²) in [5.41, 5.74) is 1.25. The van der Waals surface area contributed by atoms with E-state index in [1.54, 1.807) is 0 Å². The van der Waals surface area contributed by atoms with Crippen molar-refractivity contribution in [1.29, 1.82) is 0 Å². The molecule has 2 N–H and O–H groups in total. The van der Waals surface area contributed by atoms with E-state index in [1.807, 2.05) is 29.3 Å². The van der Waals surface area contributed by atoms with Crippen molar-refractivity contribution in [2.75, 3.05) is 26.3 Å². The number of rotatable bonds is 4. The molecule has 0 bridgehead atoms. The molecule has 0 spiro atoms. The molecule has 1 atom stereocenters. The first-order valence-electron chi connectivity index (χ1n) is 11.1. The number of aromatic nitrogens is 4. The molecule has 4 rings (SSSR count). The van der Waals surface area contributed by atoms with Crippen LogP contribution in [0.15, 0.2) is 24.7 Å². The van der Waals surface area contributed by atoms with Gasteiger partial charge in [0.15, 0.2) is 0 Å². The Morgan fingerprint density at radius 3 is 2.11 bits per heavy atom. The van der Waals surface area contributed by atoms with E-state index in [1.165, 1.54) is 30.9 Å². The van der Waals surface area contributed by atoms with Gasteiger partial charge in [-0.2, -0.15) is 31.4 Å². The summed E-state index contributed by atoms with van der Waals surface area (Å²) in [6, 6.07) is 2.35. The number of carbonyl (C=O) groups is 2. The average Bonchev–Trinajstić information content (AvgIpc) is 3.47. The Morgan fingerprint density at radius 1 is 1.05 bits per heavy atom. The van der Waals surface area contributed by atoms with Crippen LogP contribution in [0.4, 0.5) is 26.3 Å². The second-order valence-corrected chi connectivity index (χ2v) is 8.30. The van der Waals surface area contributed by atoms with E-state index >= 15 is 0 Å². The van der Waals surface area contributed by atoms with Gasteiger partial charge < -0.3 is 19.5 Å². The number of fused-ring (bicyclic) bond motifs is 1. The lowest BCUT2D eigenvalue weighted by Gasteiger charge is -2.37. The summed E-state index contributed by atoms with van der Waals surface area (Å²) in [5, 5.41) is 18.6. The van der Waals surface area contributed by atoms with Crippen molar-refractivity contribution in [3.8, 4) is 0 Å². The van der Waals surface area contributed by atoms with Gasteiger partial charge in [-0.3, -0.25) is 9.58 Å². The van der Waals surface area contributed by atoms with Crippen LogP contribution in [0.3, 0.4) is 0 Å². The Kier molecular flexibility index (Phi) is 10.5. The zero-order valence-electron chi connectivity index (χ0n) is 19.7. The molecule has 1 unspecified atom stereocenters. The van der Waals surface area contributed by atoms with Crippen LogP contribution in [0.1, 0.15) is 37.3 Å². The number of carboxylic acid groups (broad SMARTS) is 2. The van der Waals surface area contributed by atoms with Gasteiger partial charge in [0.05, 0.1) is 24.5 Å². The first-order chi connectivity index (χ1) is 17.2. The van der Waals surface area contributed by atoms with Crippen molar-refractivity contribution in [1.82, 2.24) is 24.2 Å². The Morgan fingerprint density at radius 2 is 1.62 bits per heavy atom. The van der Waals surface area contributed by atoms with E-state index in [0.29, 0.717) is 6.04 Å². The minimum Gasteiger partial charge on any atom is -0.475 e. The standard InChI is InChI=1S/C17H25N5O.2C2HF3O2/c1-14-17-18-11-16(13-21-6-2-5-19-21)22(17)8-7-20(14)12-15-3-9-23-10-4-15;2*3-2(4,5)1(6)7/h2,5-6,11,14-15H,3-4,7-10,12-13H2,1H3;2*(H,6,7). The highest BCUT2D eigenvalue weighted by Crippen LogP contribution is 2.28. The SMILES string of the molecule is CC1c2ncc(Cn3cccn3)n2CCN1CC1CCOCC1.O=C(O)C(F)(F)F.O=C(O)C(F)(F)F. The first kappa shape index (κ1) is 30.1. The normalized spacial score (nSPS) is 18.6. The number of carboxylic acids is 2. The van der Waals surface area contributed by atoms with Crippen molar-refractivity contribution in [2.24, 2.45) is 5.92 Å². The van der Waals surface area contributed by atoms with E-state index in [-0.39, 0.29) is 0 Å². The highest BCUT2D eigenvalue weighted by atomic mass is 19.4. The molecule has 4 heterocycles. The van der Waals surface area contributed by atoms with Crippen LogP contribution < -0.4 is 0 Å². The van der Waals surface area contributed by atoms with E-state index in [2.05, 4.69) is 21.5 Å². The summed E-state index contributed by atoms with van der Waals surface area (Å²) in [6.07, 6.45) is -1.93. The van der Waals surface area contributed by atoms with Gasteiger partial charge in [-0.1, -0.05) is 0 Å². The molecular formula is C21H27F6N5O5. The summed E-state index contributed by atoms with van der Waals surface area (Å²) >= 11 is 0. The van der Waals surface area contributed by atoms with Crippen LogP contribution in [0, 0.1) is 5.92 Å². The summed E-state index contributed by atoms with van der Waals surface area (Å²) in [5.74, 6) is -3.54. The predicted octanol–water partition coefficient (Wildman–Crippen LogP) is 3.20. The molecule has 0 amide bonds. The van der Waals surface area contributed by atoms with Crippen molar-refractivity contribution in [3.63, 3.8) is 0 Å². The Bertz CT molecular complexity index is 979. The number of nitrogens with zero attached hydrogens (tertiary/aromatic N) is 5. The Labute approximate surface area is 207 Å². The van der Waals surface area contributed by atoms with E-state index in [9.17, 15) is 26.3 Å². The average molecular weight is 543 g/mol. The number of halogens is 6. The molecule has 2 aliphatic rings. The second kappa shape index (κ2) is 12.9. The largest absolute Gasteiger partial charge is 0.490 e. The number of imidazole rings is 1. The van der Waals surface area contributed by atoms with E-state index < -0.39 is 24.3 Å². The fraction of sp³-hybridized carbons (Fsp3) is 0.619. The maximum atomic E-state index is 10.6. The molecule has 208 valence electrons. The van der Waals surface area contributed by atoms with Crippen LogP contribution >= 0.6 is 0 Å². The van der Waals surface area contributed by atoms with Crippen LogP contribution in [-0.2, 0) is 27.4 Å². The smallest absolute Gasteiger partial charge is 0.475 e. The lowest BCUT2D eigenvalue weighted by atomic mass is 9.98.